The van der Waals surface area contributed by atoms with E-state index in [9.17, 15) is 14.0 Å². The summed E-state index contributed by atoms with van der Waals surface area (Å²) in [4.78, 5) is 25.2. The summed E-state index contributed by atoms with van der Waals surface area (Å²) in [5.41, 5.74) is 1.00. The number of rotatable bonds is 5. The number of carbonyl (C=O) groups excluding carboxylic acids is 2. The fourth-order valence-electron chi connectivity index (χ4n) is 2.10. The quantitative estimate of drug-likeness (QED) is 0.866. The lowest BCUT2D eigenvalue weighted by Crippen LogP contribution is -2.37. The maximum Gasteiger partial charge on any atom is 0.251 e. The van der Waals surface area contributed by atoms with Crippen LogP contribution < -0.4 is 10.2 Å². The molecule has 2 amide bonds. The first-order valence-electron chi connectivity index (χ1n) is 7.05. The molecule has 1 N–H and O–H groups in total. The minimum absolute atomic E-state index is 0.214. The molecule has 0 aliphatic heterocycles. The first-order chi connectivity index (χ1) is 11.0. The summed E-state index contributed by atoms with van der Waals surface area (Å²) in [5, 5.41) is 2.75. The SMILES string of the molecule is CC(=O)N(CCNC(=O)c1ccc(Br)cc1)c1cccc(F)c1. The van der Waals surface area contributed by atoms with E-state index in [2.05, 4.69) is 21.2 Å². The van der Waals surface area contributed by atoms with Crippen molar-refractivity contribution in [2.24, 2.45) is 0 Å². The largest absolute Gasteiger partial charge is 0.350 e. The van der Waals surface area contributed by atoms with E-state index >= 15 is 0 Å². The van der Waals surface area contributed by atoms with E-state index in [1.165, 1.54) is 24.0 Å². The van der Waals surface area contributed by atoms with Crippen molar-refractivity contribution >= 4 is 33.4 Å². The van der Waals surface area contributed by atoms with E-state index in [1.807, 2.05) is 0 Å². The van der Waals surface area contributed by atoms with Gasteiger partial charge < -0.3 is 10.2 Å². The summed E-state index contributed by atoms with van der Waals surface area (Å²) < 4.78 is 14.2. The van der Waals surface area contributed by atoms with E-state index in [4.69, 9.17) is 0 Å². The normalized spacial score (nSPS) is 10.2. The Kier molecular flexibility index (Phi) is 5.87. The highest BCUT2D eigenvalue weighted by atomic mass is 79.9. The number of carbonyl (C=O) groups is 2. The lowest BCUT2D eigenvalue weighted by molar-refractivity contribution is -0.116. The molecule has 6 heteroatoms. The van der Waals surface area contributed by atoms with E-state index in [1.54, 1.807) is 36.4 Å². The summed E-state index contributed by atoms with van der Waals surface area (Å²) in [7, 11) is 0. The van der Waals surface area contributed by atoms with Crippen LogP contribution in [0.3, 0.4) is 0 Å². The summed E-state index contributed by atoms with van der Waals surface area (Å²) in [6.45, 7) is 1.94. The first-order valence-corrected chi connectivity index (χ1v) is 7.84. The van der Waals surface area contributed by atoms with Crippen LogP contribution in [0.2, 0.25) is 0 Å². The third kappa shape index (κ3) is 4.89. The Morgan fingerprint density at radius 3 is 2.48 bits per heavy atom. The zero-order valence-corrected chi connectivity index (χ0v) is 14.1. The van der Waals surface area contributed by atoms with Gasteiger partial charge in [0.2, 0.25) is 5.91 Å². The van der Waals surface area contributed by atoms with Crippen LogP contribution in [0.5, 0.6) is 0 Å². The molecule has 4 nitrogen and oxygen atoms in total. The number of amides is 2. The van der Waals surface area contributed by atoms with Gasteiger partial charge in [-0.15, -0.1) is 0 Å². The van der Waals surface area contributed by atoms with Crippen molar-refractivity contribution in [3.63, 3.8) is 0 Å². The minimum atomic E-state index is -0.410. The van der Waals surface area contributed by atoms with Gasteiger partial charge in [0.25, 0.3) is 5.91 Å². The van der Waals surface area contributed by atoms with Gasteiger partial charge in [0.05, 0.1) is 0 Å². The molecular formula is C17H16BrFN2O2. The molecule has 0 atom stereocenters. The molecule has 2 aromatic rings. The maximum atomic E-state index is 13.3. The van der Waals surface area contributed by atoms with Crippen LogP contribution in [0.15, 0.2) is 53.0 Å². The third-order valence-corrected chi connectivity index (χ3v) is 3.76. The van der Waals surface area contributed by atoms with Crippen molar-refractivity contribution in [1.82, 2.24) is 5.32 Å². The fraction of sp³-hybridized carbons (Fsp3) is 0.176. The lowest BCUT2D eigenvalue weighted by atomic mass is 10.2. The van der Waals surface area contributed by atoms with Crippen LogP contribution in [0, 0.1) is 5.82 Å². The maximum absolute atomic E-state index is 13.3. The molecule has 0 aromatic heterocycles. The standard InChI is InChI=1S/C17H16BrFN2O2/c1-12(22)21(16-4-2-3-15(19)11-16)10-9-20-17(23)13-5-7-14(18)8-6-13/h2-8,11H,9-10H2,1H3,(H,20,23). The molecule has 0 saturated carbocycles. The molecule has 23 heavy (non-hydrogen) atoms. The third-order valence-electron chi connectivity index (χ3n) is 3.23. The predicted molar refractivity (Wildman–Crippen MR) is 90.9 cm³/mol. The fourth-order valence-corrected chi connectivity index (χ4v) is 2.36. The molecule has 0 aliphatic rings. The molecule has 0 heterocycles. The molecule has 2 aromatic carbocycles. The van der Waals surface area contributed by atoms with Crippen LogP contribution in [-0.4, -0.2) is 24.9 Å². The zero-order valence-electron chi connectivity index (χ0n) is 12.6. The number of nitrogens with zero attached hydrogens (tertiary/aromatic N) is 1. The van der Waals surface area contributed by atoms with Gasteiger partial charge in [0.15, 0.2) is 0 Å². The van der Waals surface area contributed by atoms with Crippen molar-refractivity contribution in [1.29, 1.82) is 0 Å². The summed E-state index contributed by atoms with van der Waals surface area (Å²) in [6, 6.07) is 12.8. The van der Waals surface area contributed by atoms with E-state index < -0.39 is 5.82 Å². The number of benzene rings is 2. The van der Waals surface area contributed by atoms with Crippen LogP contribution in [0.25, 0.3) is 0 Å². The summed E-state index contributed by atoms with van der Waals surface area (Å²) >= 11 is 3.31. The molecular weight excluding hydrogens is 363 g/mol. The zero-order chi connectivity index (χ0) is 16.8. The van der Waals surface area contributed by atoms with Crippen LogP contribution >= 0.6 is 15.9 Å². The molecule has 0 fully saturated rings. The molecule has 0 radical (unpaired) electrons. The van der Waals surface area contributed by atoms with Crippen molar-refractivity contribution < 1.29 is 14.0 Å². The highest BCUT2D eigenvalue weighted by Crippen LogP contribution is 2.15. The second kappa shape index (κ2) is 7.87. The highest BCUT2D eigenvalue weighted by molar-refractivity contribution is 9.10. The minimum Gasteiger partial charge on any atom is -0.350 e. The highest BCUT2D eigenvalue weighted by Gasteiger charge is 2.12. The molecule has 0 aliphatic carbocycles. The van der Waals surface area contributed by atoms with Gasteiger partial charge in [-0.2, -0.15) is 0 Å². The average Bonchev–Trinajstić information content (AvgIpc) is 2.51. The molecule has 0 bridgehead atoms. The number of halogens is 2. The number of anilines is 1. The number of hydrogen-bond donors (Lipinski definition) is 1. The van der Waals surface area contributed by atoms with Gasteiger partial charge in [-0.05, 0) is 42.5 Å². The second-order valence-electron chi connectivity index (χ2n) is 4.91. The Hall–Kier alpha value is -2.21. The first kappa shape index (κ1) is 17.1. The Labute approximate surface area is 142 Å². The molecule has 0 spiro atoms. The summed E-state index contributed by atoms with van der Waals surface area (Å²) in [6.07, 6.45) is 0. The van der Waals surface area contributed by atoms with Crippen LogP contribution in [0.1, 0.15) is 17.3 Å². The monoisotopic (exact) mass is 378 g/mol. The number of hydrogen-bond acceptors (Lipinski definition) is 2. The lowest BCUT2D eigenvalue weighted by Gasteiger charge is -2.21. The Bertz CT molecular complexity index is 704. The van der Waals surface area contributed by atoms with E-state index in [0.29, 0.717) is 11.3 Å². The Morgan fingerprint density at radius 1 is 1.17 bits per heavy atom. The Balaban J connectivity index is 1.96. The Morgan fingerprint density at radius 2 is 1.87 bits per heavy atom. The van der Waals surface area contributed by atoms with Gasteiger partial charge in [-0.1, -0.05) is 22.0 Å². The van der Waals surface area contributed by atoms with Crippen LogP contribution in [-0.2, 0) is 4.79 Å². The molecule has 0 unspecified atom stereocenters. The van der Waals surface area contributed by atoms with Crippen molar-refractivity contribution in [3.05, 3.63) is 64.4 Å². The van der Waals surface area contributed by atoms with Crippen molar-refractivity contribution in [3.8, 4) is 0 Å². The van der Waals surface area contributed by atoms with Crippen molar-refractivity contribution in [2.45, 2.75) is 6.92 Å². The van der Waals surface area contributed by atoms with Gasteiger partial charge in [0, 0.05) is 35.7 Å². The van der Waals surface area contributed by atoms with Gasteiger partial charge in [-0.25, -0.2) is 4.39 Å². The van der Waals surface area contributed by atoms with Gasteiger partial charge in [-0.3, -0.25) is 9.59 Å². The van der Waals surface area contributed by atoms with E-state index in [0.717, 1.165) is 4.47 Å². The smallest absolute Gasteiger partial charge is 0.251 e. The van der Waals surface area contributed by atoms with E-state index in [-0.39, 0.29) is 24.9 Å². The molecule has 2 rings (SSSR count). The average molecular weight is 379 g/mol. The van der Waals surface area contributed by atoms with Gasteiger partial charge >= 0.3 is 0 Å². The second-order valence-corrected chi connectivity index (χ2v) is 5.83. The number of nitrogens with one attached hydrogen (secondary N) is 1. The molecule has 0 saturated heterocycles. The predicted octanol–water partition coefficient (Wildman–Crippen LogP) is 3.37. The summed E-state index contributed by atoms with van der Waals surface area (Å²) in [5.74, 6) is -0.846. The molecule has 120 valence electrons. The van der Waals surface area contributed by atoms with Gasteiger partial charge in [0.1, 0.15) is 5.82 Å². The topological polar surface area (TPSA) is 49.4 Å². The van der Waals surface area contributed by atoms with Crippen molar-refractivity contribution in [2.75, 3.05) is 18.0 Å². The van der Waals surface area contributed by atoms with Crippen LogP contribution in [0.4, 0.5) is 10.1 Å².